The molecule has 0 fully saturated rings. The number of H-pyrrole nitrogens is 1. The molecule has 23 heavy (non-hydrogen) atoms. The van der Waals surface area contributed by atoms with E-state index in [4.69, 9.17) is 4.74 Å². The summed E-state index contributed by atoms with van der Waals surface area (Å²) in [5, 5.41) is 1.14. The molecule has 4 aromatic rings. The topological polar surface area (TPSA) is 59.9 Å². The second-order valence-electron chi connectivity index (χ2n) is 5.48. The molecule has 0 aliphatic carbocycles. The highest BCUT2D eigenvalue weighted by molar-refractivity contribution is 5.97. The fraction of sp³-hybridized carbons (Fsp3) is 0.111. The lowest BCUT2D eigenvalue weighted by Gasteiger charge is -1.97. The van der Waals surface area contributed by atoms with Crippen LogP contribution in [-0.2, 0) is 11.8 Å². The van der Waals surface area contributed by atoms with Crippen molar-refractivity contribution >= 4 is 27.9 Å². The summed E-state index contributed by atoms with van der Waals surface area (Å²) >= 11 is 0. The van der Waals surface area contributed by atoms with Crippen LogP contribution in [-0.4, -0.2) is 27.6 Å². The molecule has 5 nitrogen and oxygen atoms in total. The minimum Gasteiger partial charge on any atom is -0.465 e. The molecule has 1 N–H and O–H groups in total. The SMILES string of the molecule is COC(=O)c1ccc2nc(-c3cn(C)c4ccccc34)[nH]c2c1. The third-order valence-electron chi connectivity index (χ3n) is 4.06. The lowest BCUT2D eigenvalue weighted by atomic mass is 10.2. The van der Waals surface area contributed by atoms with Gasteiger partial charge < -0.3 is 14.3 Å². The Balaban J connectivity index is 1.90. The van der Waals surface area contributed by atoms with Gasteiger partial charge in [-0.2, -0.15) is 0 Å². The summed E-state index contributed by atoms with van der Waals surface area (Å²) in [7, 11) is 3.39. The maximum absolute atomic E-state index is 11.7. The van der Waals surface area contributed by atoms with E-state index in [1.54, 1.807) is 12.1 Å². The number of para-hydroxylation sites is 1. The molecule has 4 rings (SSSR count). The molecule has 0 unspecified atom stereocenters. The number of fused-ring (bicyclic) bond motifs is 2. The summed E-state index contributed by atoms with van der Waals surface area (Å²) in [6.45, 7) is 0. The minimum atomic E-state index is -0.354. The van der Waals surface area contributed by atoms with Crippen LogP contribution in [0, 0.1) is 0 Å². The van der Waals surface area contributed by atoms with Crippen LogP contribution in [0.2, 0.25) is 0 Å². The first-order valence-electron chi connectivity index (χ1n) is 7.30. The predicted octanol–water partition coefficient (Wildman–Crippen LogP) is 3.51. The molecular weight excluding hydrogens is 290 g/mol. The second kappa shape index (κ2) is 4.98. The average Bonchev–Trinajstić information content (AvgIpc) is 3.15. The quantitative estimate of drug-likeness (QED) is 0.577. The molecule has 0 aliphatic rings. The van der Waals surface area contributed by atoms with Gasteiger partial charge in [-0.05, 0) is 24.3 Å². The Hall–Kier alpha value is -3.08. The van der Waals surface area contributed by atoms with Crippen LogP contribution >= 0.6 is 0 Å². The van der Waals surface area contributed by atoms with Gasteiger partial charge in [-0.15, -0.1) is 0 Å². The first kappa shape index (κ1) is 13.6. The number of aromatic amines is 1. The number of aromatic nitrogens is 3. The molecule has 0 spiro atoms. The number of nitrogens with zero attached hydrogens (tertiary/aromatic N) is 2. The number of hydrogen-bond donors (Lipinski definition) is 1. The lowest BCUT2D eigenvalue weighted by Crippen LogP contribution is -2.00. The number of esters is 1. The van der Waals surface area contributed by atoms with Crippen LogP contribution in [0.4, 0.5) is 0 Å². The average molecular weight is 305 g/mol. The van der Waals surface area contributed by atoms with E-state index in [9.17, 15) is 4.79 Å². The Labute approximate surface area is 132 Å². The van der Waals surface area contributed by atoms with E-state index >= 15 is 0 Å². The molecular formula is C18H15N3O2. The highest BCUT2D eigenvalue weighted by Crippen LogP contribution is 2.29. The first-order valence-corrected chi connectivity index (χ1v) is 7.30. The Morgan fingerprint density at radius 2 is 2.04 bits per heavy atom. The Kier molecular flexibility index (Phi) is 2.94. The highest BCUT2D eigenvalue weighted by atomic mass is 16.5. The molecule has 0 atom stereocenters. The molecule has 114 valence electrons. The lowest BCUT2D eigenvalue weighted by molar-refractivity contribution is 0.0601. The van der Waals surface area contributed by atoms with Crippen LogP contribution < -0.4 is 0 Å². The van der Waals surface area contributed by atoms with Crippen molar-refractivity contribution in [3.63, 3.8) is 0 Å². The monoisotopic (exact) mass is 305 g/mol. The summed E-state index contributed by atoms with van der Waals surface area (Å²) in [4.78, 5) is 19.6. The van der Waals surface area contributed by atoms with Crippen LogP contribution in [0.15, 0.2) is 48.7 Å². The van der Waals surface area contributed by atoms with Gasteiger partial charge in [-0.25, -0.2) is 9.78 Å². The van der Waals surface area contributed by atoms with Gasteiger partial charge >= 0.3 is 5.97 Å². The van der Waals surface area contributed by atoms with Crippen molar-refractivity contribution in [3.8, 4) is 11.4 Å². The van der Waals surface area contributed by atoms with Crippen LogP contribution in [0.1, 0.15) is 10.4 Å². The van der Waals surface area contributed by atoms with E-state index in [1.165, 1.54) is 7.11 Å². The first-order chi connectivity index (χ1) is 11.2. The normalized spacial score (nSPS) is 11.2. The minimum absolute atomic E-state index is 0.354. The number of nitrogens with one attached hydrogen (secondary N) is 1. The van der Waals surface area contributed by atoms with E-state index in [0.29, 0.717) is 5.56 Å². The number of methoxy groups -OCH3 is 1. The maximum atomic E-state index is 11.7. The van der Waals surface area contributed by atoms with Crippen LogP contribution in [0.25, 0.3) is 33.3 Å². The van der Waals surface area contributed by atoms with Crippen molar-refractivity contribution in [2.45, 2.75) is 0 Å². The summed E-state index contributed by atoms with van der Waals surface area (Å²) in [6, 6.07) is 13.5. The number of hydrogen-bond acceptors (Lipinski definition) is 3. The van der Waals surface area contributed by atoms with E-state index in [0.717, 1.165) is 33.3 Å². The number of aryl methyl sites for hydroxylation is 1. The summed E-state index contributed by atoms with van der Waals surface area (Å²) < 4.78 is 6.84. The Bertz CT molecular complexity index is 1040. The van der Waals surface area contributed by atoms with Gasteiger partial charge in [-0.3, -0.25) is 0 Å². The predicted molar refractivity (Wildman–Crippen MR) is 89.3 cm³/mol. The number of benzene rings is 2. The van der Waals surface area contributed by atoms with Gasteiger partial charge in [0.1, 0.15) is 5.82 Å². The maximum Gasteiger partial charge on any atom is 0.337 e. The molecule has 0 bridgehead atoms. The number of rotatable bonds is 2. The molecule has 5 heteroatoms. The summed E-state index contributed by atoms with van der Waals surface area (Å²) in [6.07, 6.45) is 2.06. The zero-order valence-corrected chi connectivity index (χ0v) is 12.8. The van der Waals surface area contributed by atoms with Crippen molar-refractivity contribution in [2.75, 3.05) is 7.11 Å². The van der Waals surface area contributed by atoms with Crippen LogP contribution in [0.5, 0.6) is 0 Å². The van der Waals surface area contributed by atoms with Gasteiger partial charge in [0.2, 0.25) is 0 Å². The zero-order chi connectivity index (χ0) is 16.0. The summed E-state index contributed by atoms with van der Waals surface area (Å²) in [5.41, 5.74) is 4.33. The molecule has 0 radical (unpaired) electrons. The standard InChI is InChI=1S/C18H15N3O2/c1-21-10-13(12-5-3-4-6-16(12)21)17-19-14-8-7-11(18(22)23-2)9-15(14)20-17/h3-10H,1-2H3,(H,19,20). The van der Waals surface area contributed by atoms with Crippen molar-refractivity contribution in [1.29, 1.82) is 0 Å². The number of imidazole rings is 1. The zero-order valence-electron chi connectivity index (χ0n) is 12.8. The fourth-order valence-corrected chi connectivity index (χ4v) is 2.91. The van der Waals surface area contributed by atoms with Gasteiger partial charge in [0.15, 0.2) is 0 Å². The van der Waals surface area contributed by atoms with Gasteiger partial charge in [0.05, 0.1) is 23.7 Å². The second-order valence-corrected chi connectivity index (χ2v) is 5.48. The van der Waals surface area contributed by atoms with Gasteiger partial charge in [0.25, 0.3) is 0 Å². The fourth-order valence-electron chi connectivity index (χ4n) is 2.91. The Morgan fingerprint density at radius 3 is 2.87 bits per heavy atom. The largest absolute Gasteiger partial charge is 0.465 e. The summed E-state index contributed by atoms with van der Waals surface area (Å²) in [5.74, 6) is 0.437. The van der Waals surface area contributed by atoms with Crippen molar-refractivity contribution in [1.82, 2.24) is 14.5 Å². The van der Waals surface area contributed by atoms with Gasteiger partial charge in [0, 0.05) is 29.7 Å². The smallest absolute Gasteiger partial charge is 0.337 e. The number of carbonyl (C=O) groups excluding carboxylic acids is 1. The van der Waals surface area contributed by atoms with Crippen molar-refractivity contribution in [2.24, 2.45) is 7.05 Å². The van der Waals surface area contributed by atoms with E-state index in [1.807, 2.05) is 25.2 Å². The van der Waals surface area contributed by atoms with Crippen LogP contribution in [0.3, 0.4) is 0 Å². The third-order valence-corrected chi connectivity index (χ3v) is 4.06. The molecule has 0 aliphatic heterocycles. The van der Waals surface area contributed by atoms with E-state index in [2.05, 4.69) is 32.9 Å². The van der Waals surface area contributed by atoms with Crippen molar-refractivity contribution < 1.29 is 9.53 Å². The third kappa shape index (κ3) is 2.09. The molecule has 0 amide bonds. The molecule has 0 saturated carbocycles. The van der Waals surface area contributed by atoms with Crippen molar-refractivity contribution in [3.05, 3.63) is 54.2 Å². The van der Waals surface area contributed by atoms with Gasteiger partial charge in [-0.1, -0.05) is 18.2 Å². The van der Waals surface area contributed by atoms with E-state index < -0.39 is 0 Å². The molecule has 2 heterocycles. The number of ether oxygens (including phenoxy) is 1. The molecule has 0 saturated heterocycles. The Morgan fingerprint density at radius 1 is 1.22 bits per heavy atom. The molecule has 2 aromatic heterocycles. The molecule has 2 aromatic carbocycles. The van der Waals surface area contributed by atoms with E-state index in [-0.39, 0.29) is 5.97 Å². The number of carbonyl (C=O) groups is 1. The highest BCUT2D eigenvalue weighted by Gasteiger charge is 2.13.